The Bertz CT molecular complexity index is 249. The summed E-state index contributed by atoms with van der Waals surface area (Å²) < 4.78 is 0. The number of rotatable bonds is 5. The summed E-state index contributed by atoms with van der Waals surface area (Å²) in [5.74, 6) is 0.257. The fourth-order valence-electron chi connectivity index (χ4n) is 3.50. The topological polar surface area (TPSA) is 40.5 Å². The molecule has 0 amide bonds. The molecule has 1 aliphatic carbocycles. The van der Waals surface area contributed by atoms with Crippen molar-refractivity contribution in [3.05, 3.63) is 0 Å². The molecular weight excluding hydrogens is 214 g/mol. The van der Waals surface area contributed by atoms with Gasteiger partial charge in [0, 0.05) is 12.6 Å². The highest BCUT2D eigenvalue weighted by molar-refractivity contribution is 5.66. The van der Waals surface area contributed by atoms with Crippen LogP contribution in [0.25, 0.3) is 0 Å². The smallest absolute Gasteiger partial charge is 0.304 e. The minimum Gasteiger partial charge on any atom is -0.481 e. The minimum absolute atomic E-state index is 0.307. The van der Waals surface area contributed by atoms with E-state index in [2.05, 4.69) is 4.90 Å². The molecule has 3 heteroatoms. The van der Waals surface area contributed by atoms with Crippen molar-refractivity contribution in [2.24, 2.45) is 5.92 Å². The Labute approximate surface area is 104 Å². The fourth-order valence-corrected chi connectivity index (χ4v) is 3.50. The molecule has 0 aromatic heterocycles. The minimum atomic E-state index is -0.659. The Kier molecular flexibility index (Phi) is 4.84. The third-order valence-electron chi connectivity index (χ3n) is 4.44. The van der Waals surface area contributed by atoms with Crippen LogP contribution in [0.4, 0.5) is 0 Å². The summed E-state index contributed by atoms with van der Waals surface area (Å²) >= 11 is 0. The predicted molar refractivity (Wildman–Crippen MR) is 68.0 cm³/mol. The van der Waals surface area contributed by atoms with E-state index in [0.29, 0.717) is 12.5 Å². The van der Waals surface area contributed by atoms with Crippen LogP contribution in [0.2, 0.25) is 0 Å². The molecule has 2 fully saturated rings. The Morgan fingerprint density at radius 3 is 2.59 bits per heavy atom. The number of hydrogen-bond acceptors (Lipinski definition) is 2. The van der Waals surface area contributed by atoms with Gasteiger partial charge in [-0.25, -0.2) is 0 Å². The molecule has 1 saturated heterocycles. The Balaban J connectivity index is 1.75. The van der Waals surface area contributed by atoms with E-state index in [1.807, 2.05) is 0 Å². The van der Waals surface area contributed by atoms with E-state index in [9.17, 15) is 4.79 Å². The molecule has 2 rings (SSSR count). The summed E-state index contributed by atoms with van der Waals surface area (Å²) in [6.07, 6.45) is 11.2. The van der Waals surface area contributed by atoms with E-state index in [1.165, 1.54) is 51.4 Å². The molecule has 98 valence electrons. The zero-order valence-electron chi connectivity index (χ0n) is 10.7. The highest BCUT2D eigenvalue weighted by Crippen LogP contribution is 2.31. The molecule has 0 radical (unpaired) electrons. The van der Waals surface area contributed by atoms with E-state index in [4.69, 9.17) is 5.11 Å². The largest absolute Gasteiger partial charge is 0.481 e. The van der Waals surface area contributed by atoms with Crippen molar-refractivity contribution in [3.8, 4) is 0 Å². The first-order valence-corrected chi connectivity index (χ1v) is 7.21. The van der Waals surface area contributed by atoms with E-state index in [0.717, 1.165) is 19.0 Å². The maximum Gasteiger partial charge on any atom is 0.304 e. The van der Waals surface area contributed by atoms with Crippen LogP contribution < -0.4 is 0 Å². The van der Waals surface area contributed by atoms with E-state index >= 15 is 0 Å². The van der Waals surface area contributed by atoms with E-state index in [-0.39, 0.29) is 0 Å². The van der Waals surface area contributed by atoms with Crippen molar-refractivity contribution in [1.82, 2.24) is 4.90 Å². The van der Waals surface area contributed by atoms with Crippen molar-refractivity contribution < 1.29 is 9.90 Å². The van der Waals surface area contributed by atoms with E-state index < -0.39 is 5.97 Å². The molecule has 0 unspecified atom stereocenters. The van der Waals surface area contributed by atoms with Gasteiger partial charge < -0.3 is 5.11 Å². The Morgan fingerprint density at radius 1 is 1.12 bits per heavy atom. The monoisotopic (exact) mass is 239 g/mol. The fraction of sp³-hybridized carbons (Fsp3) is 0.929. The SMILES string of the molecule is O=C(O)CCN1CCC[C@H]1CC1CCCCC1. The third-order valence-corrected chi connectivity index (χ3v) is 4.44. The summed E-state index contributed by atoms with van der Waals surface area (Å²) in [6, 6.07) is 0.678. The molecule has 17 heavy (non-hydrogen) atoms. The molecule has 0 aromatic carbocycles. The van der Waals surface area contributed by atoms with Gasteiger partial charge in [0.1, 0.15) is 0 Å². The highest BCUT2D eigenvalue weighted by Gasteiger charge is 2.27. The number of aliphatic carboxylic acids is 1. The van der Waals surface area contributed by atoms with Gasteiger partial charge in [0.05, 0.1) is 6.42 Å². The van der Waals surface area contributed by atoms with Gasteiger partial charge >= 0.3 is 5.97 Å². The first-order chi connectivity index (χ1) is 8.25. The molecule has 2 aliphatic rings. The van der Waals surface area contributed by atoms with Crippen LogP contribution in [0, 0.1) is 5.92 Å². The standard InChI is InChI=1S/C14H25NO2/c16-14(17)8-10-15-9-4-7-13(15)11-12-5-2-1-3-6-12/h12-13H,1-11H2,(H,16,17)/t13-/m0/s1. The van der Waals surface area contributed by atoms with Crippen LogP contribution in [0.15, 0.2) is 0 Å². The normalized spacial score (nSPS) is 27.4. The summed E-state index contributed by atoms with van der Waals surface area (Å²) in [4.78, 5) is 13.0. The lowest BCUT2D eigenvalue weighted by atomic mass is 9.84. The third kappa shape index (κ3) is 3.98. The van der Waals surface area contributed by atoms with Gasteiger partial charge in [0.15, 0.2) is 0 Å². The predicted octanol–water partition coefficient (Wildman–Crippen LogP) is 2.90. The number of nitrogens with zero attached hydrogens (tertiary/aromatic N) is 1. The second kappa shape index (κ2) is 6.39. The highest BCUT2D eigenvalue weighted by atomic mass is 16.4. The molecule has 0 spiro atoms. The molecule has 1 atom stereocenters. The average Bonchev–Trinajstić information content (AvgIpc) is 2.75. The number of hydrogen-bond donors (Lipinski definition) is 1. The van der Waals surface area contributed by atoms with E-state index in [1.54, 1.807) is 0 Å². The van der Waals surface area contributed by atoms with Gasteiger partial charge in [0.2, 0.25) is 0 Å². The summed E-state index contributed by atoms with van der Waals surface area (Å²) in [5.41, 5.74) is 0. The molecule has 1 aliphatic heterocycles. The second-order valence-corrected chi connectivity index (χ2v) is 5.72. The summed E-state index contributed by atoms with van der Waals surface area (Å²) in [7, 11) is 0. The molecular formula is C14H25NO2. The summed E-state index contributed by atoms with van der Waals surface area (Å²) in [5, 5.41) is 8.75. The lowest BCUT2D eigenvalue weighted by Crippen LogP contribution is -2.33. The Hall–Kier alpha value is -0.570. The van der Waals surface area contributed by atoms with Gasteiger partial charge in [-0.2, -0.15) is 0 Å². The van der Waals surface area contributed by atoms with Crippen molar-refractivity contribution in [2.45, 2.75) is 63.8 Å². The zero-order chi connectivity index (χ0) is 12.1. The molecule has 1 N–H and O–H groups in total. The van der Waals surface area contributed by atoms with Gasteiger partial charge in [-0.3, -0.25) is 9.69 Å². The zero-order valence-corrected chi connectivity index (χ0v) is 10.7. The maximum absolute atomic E-state index is 10.6. The molecule has 1 heterocycles. The maximum atomic E-state index is 10.6. The lowest BCUT2D eigenvalue weighted by molar-refractivity contribution is -0.137. The lowest BCUT2D eigenvalue weighted by Gasteiger charge is -2.29. The first-order valence-electron chi connectivity index (χ1n) is 7.21. The van der Waals surface area contributed by atoms with Crippen molar-refractivity contribution in [2.75, 3.05) is 13.1 Å². The van der Waals surface area contributed by atoms with Crippen LogP contribution in [0.1, 0.15) is 57.8 Å². The molecule has 3 nitrogen and oxygen atoms in total. The number of likely N-dealkylation sites (tertiary alicyclic amines) is 1. The quantitative estimate of drug-likeness (QED) is 0.802. The van der Waals surface area contributed by atoms with Crippen LogP contribution >= 0.6 is 0 Å². The number of carboxylic acid groups (broad SMARTS) is 1. The van der Waals surface area contributed by atoms with Crippen LogP contribution in [0.5, 0.6) is 0 Å². The number of carboxylic acids is 1. The first kappa shape index (κ1) is 12.9. The van der Waals surface area contributed by atoms with Gasteiger partial charge in [-0.1, -0.05) is 32.1 Å². The van der Waals surface area contributed by atoms with Gasteiger partial charge in [0.25, 0.3) is 0 Å². The van der Waals surface area contributed by atoms with Crippen LogP contribution in [-0.2, 0) is 4.79 Å². The van der Waals surface area contributed by atoms with Crippen molar-refractivity contribution >= 4 is 5.97 Å². The van der Waals surface area contributed by atoms with Crippen LogP contribution in [0.3, 0.4) is 0 Å². The average molecular weight is 239 g/mol. The second-order valence-electron chi connectivity index (χ2n) is 5.72. The van der Waals surface area contributed by atoms with Crippen LogP contribution in [-0.4, -0.2) is 35.1 Å². The van der Waals surface area contributed by atoms with Crippen molar-refractivity contribution in [1.29, 1.82) is 0 Å². The van der Waals surface area contributed by atoms with Crippen molar-refractivity contribution in [3.63, 3.8) is 0 Å². The number of carbonyl (C=O) groups is 1. The summed E-state index contributed by atoms with van der Waals surface area (Å²) in [6.45, 7) is 1.87. The van der Waals surface area contributed by atoms with Gasteiger partial charge in [-0.15, -0.1) is 0 Å². The molecule has 1 saturated carbocycles. The van der Waals surface area contributed by atoms with Gasteiger partial charge in [-0.05, 0) is 31.7 Å². The Morgan fingerprint density at radius 2 is 1.88 bits per heavy atom. The molecule has 0 bridgehead atoms. The molecule has 0 aromatic rings.